The van der Waals surface area contributed by atoms with Crippen molar-refractivity contribution in [3.8, 4) is 0 Å². The Balaban J connectivity index is 1.76. The third-order valence-corrected chi connectivity index (χ3v) is 4.92. The number of hydrazine groups is 2. The molecule has 142 valence electrons. The number of benzene rings is 2. The van der Waals surface area contributed by atoms with Crippen LogP contribution in [0.4, 0.5) is 28.9 Å². The summed E-state index contributed by atoms with van der Waals surface area (Å²) >= 11 is 0. The van der Waals surface area contributed by atoms with E-state index in [0.717, 1.165) is 34.3 Å². The van der Waals surface area contributed by atoms with Gasteiger partial charge in [-0.05, 0) is 48.2 Å². The molecule has 2 unspecified atom stereocenters. The topological polar surface area (TPSA) is 47.0 Å². The second-order valence-corrected chi connectivity index (χ2v) is 6.68. The van der Waals surface area contributed by atoms with E-state index in [4.69, 9.17) is 0 Å². The van der Waals surface area contributed by atoms with Gasteiger partial charge in [0.2, 0.25) is 0 Å². The highest BCUT2D eigenvalue weighted by Crippen LogP contribution is 2.42. The molecule has 4 rings (SSSR count). The number of halogens is 4. The predicted octanol–water partition coefficient (Wildman–Crippen LogP) is 3.78. The maximum Gasteiger partial charge on any atom is 0.416 e. The van der Waals surface area contributed by atoms with Gasteiger partial charge in [-0.15, -0.1) is 0 Å². The van der Waals surface area contributed by atoms with Gasteiger partial charge >= 0.3 is 6.18 Å². The van der Waals surface area contributed by atoms with Crippen LogP contribution < -0.4 is 10.0 Å². The highest BCUT2D eigenvalue weighted by atomic mass is 19.4. The molecule has 2 aromatic rings. The fourth-order valence-electron chi connectivity index (χ4n) is 3.70. The first-order valence-electron chi connectivity index (χ1n) is 8.27. The van der Waals surface area contributed by atoms with Gasteiger partial charge in [0.15, 0.2) is 0 Å². The van der Waals surface area contributed by atoms with Crippen molar-refractivity contribution in [3.63, 3.8) is 0 Å². The van der Waals surface area contributed by atoms with Crippen LogP contribution in [-0.2, 0) is 17.4 Å². The van der Waals surface area contributed by atoms with E-state index in [0.29, 0.717) is 17.3 Å². The molecule has 0 aliphatic carbocycles. The molecule has 1 amide bonds. The van der Waals surface area contributed by atoms with Gasteiger partial charge in [0.05, 0.1) is 16.9 Å². The summed E-state index contributed by atoms with van der Waals surface area (Å²) < 4.78 is 52.7. The smallest absolute Gasteiger partial charge is 0.276 e. The van der Waals surface area contributed by atoms with Gasteiger partial charge in [-0.2, -0.15) is 18.2 Å². The van der Waals surface area contributed by atoms with Gasteiger partial charge in [0, 0.05) is 5.28 Å². The Hall–Kier alpha value is -2.65. The molecule has 0 radical (unpaired) electrons. The van der Waals surface area contributed by atoms with Crippen LogP contribution in [0.5, 0.6) is 0 Å². The summed E-state index contributed by atoms with van der Waals surface area (Å²) in [7, 11) is 0. The van der Waals surface area contributed by atoms with Gasteiger partial charge in [-0.3, -0.25) is 10.0 Å². The Morgan fingerprint density at radius 1 is 1.11 bits per heavy atom. The van der Waals surface area contributed by atoms with E-state index in [2.05, 4.69) is 0 Å². The Bertz CT molecular complexity index is 900. The Kier molecular flexibility index (Phi) is 3.90. The molecule has 1 saturated heterocycles. The maximum atomic E-state index is 14.4. The van der Waals surface area contributed by atoms with Crippen molar-refractivity contribution in [1.82, 2.24) is 5.28 Å². The third-order valence-electron chi connectivity index (χ3n) is 4.92. The van der Waals surface area contributed by atoms with Crippen LogP contribution in [-0.4, -0.2) is 22.4 Å². The fraction of sp³-hybridized carbons (Fsp3) is 0.278. The van der Waals surface area contributed by atoms with Crippen molar-refractivity contribution in [2.45, 2.75) is 25.6 Å². The number of anilines is 2. The summed E-state index contributed by atoms with van der Waals surface area (Å²) in [4.78, 5) is 12.9. The van der Waals surface area contributed by atoms with Crippen molar-refractivity contribution in [2.75, 3.05) is 10.0 Å². The van der Waals surface area contributed by atoms with Gasteiger partial charge < -0.3 is 0 Å². The zero-order chi connectivity index (χ0) is 19.5. The molecule has 0 saturated carbocycles. The molecular formula is C18H15F4N3O2. The number of para-hydroxylation sites is 1. The molecule has 1 fully saturated rings. The lowest BCUT2D eigenvalue weighted by molar-refractivity contribution is -0.137. The summed E-state index contributed by atoms with van der Waals surface area (Å²) in [6.07, 6.45) is -4.07. The molecule has 2 aliphatic heterocycles. The van der Waals surface area contributed by atoms with E-state index < -0.39 is 29.5 Å². The number of hydrogen-bond donors (Lipinski definition) is 1. The number of carbonyl (C=O) groups excluding carboxylic acids is 1. The summed E-state index contributed by atoms with van der Waals surface area (Å²) in [6.45, 7) is 1.80. The monoisotopic (exact) mass is 381 g/mol. The van der Waals surface area contributed by atoms with Crippen LogP contribution >= 0.6 is 0 Å². The van der Waals surface area contributed by atoms with E-state index in [9.17, 15) is 27.6 Å². The lowest BCUT2D eigenvalue weighted by atomic mass is 9.87. The molecule has 0 spiro atoms. The highest BCUT2D eigenvalue weighted by molar-refractivity contribution is 6.01. The van der Waals surface area contributed by atoms with E-state index >= 15 is 0 Å². The number of hydrogen-bond acceptors (Lipinski definition) is 4. The normalized spacial score (nSPS) is 22.8. The number of alkyl halides is 3. The van der Waals surface area contributed by atoms with Gasteiger partial charge in [0.1, 0.15) is 11.9 Å². The highest BCUT2D eigenvalue weighted by Gasteiger charge is 2.52. The maximum absolute atomic E-state index is 14.4. The molecule has 1 N–H and O–H groups in total. The quantitative estimate of drug-likeness (QED) is 0.764. The van der Waals surface area contributed by atoms with E-state index in [1.165, 1.54) is 6.07 Å². The van der Waals surface area contributed by atoms with Crippen molar-refractivity contribution in [2.24, 2.45) is 5.92 Å². The summed E-state index contributed by atoms with van der Waals surface area (Å²) in [5.74, 6) is -1.37. The van der Waals surface area contributed by atoms with Crippen LogP contribution in [0.3, 0.4) is 0 Å². The number of rotatable bonds is 1. The zero-order valence-corrected chi connectivity index (χ0v) is 14.1. The van der Waals surface area contributed by atoms with Crippen LogP contribution in [0.1, 0.15) is 18.1 Å². The number of amides is 1. The van der Waals surface area contributed by atoms with Crippen molar-refractivity contribution in [1.29, 1.82) is 0 Å². The molecule has 9 heteroatoms. The van der Waals surface area contributed by atoms with E-state index in [1.807, 2.05) is 0 Å². The first-order valence-corrected chi connectivity index (χ1v) is 8.27. The van der Waals surface area contributed by atoms with Crippen LogP contribution in [0.25, 0.3) is 0 Å². The second kappa shape index (κ2) is 5.93. The molecule has 2 heterocycles. The lowest BCUT2D eigenvalue weighted by Crippen LogP contribution is -2.49. The molecule has 0 aromatic heterocycles. The summed E-state index contributed by atoms with van der Waals surface area (Å²) in [6, 6.07) is 7.47. The van der Waals surface area contributed by atoms with Gasteiger partial charge in [0.25, 0.3) is 5.91 Å². The molecule has 2 atom stereocenters. The molecular weight excluding hydrogens is 366 g/mol. The minimum absolute atomic E-state index is 0.0509. The molecule has 5 nitrogen and oxygen atoms in total. The summed E-state index contributed by atoms with van der Waals surface area (Å²) in [5.41, 5.74) is -0.0920. The molecule has 2 aliphatic rings. The first-order chi connectivity index (χ1) is 12.7. The fourth-order valence-corrected chi connectivity index (χ4v) is 3.70. The number of carbonyl (C=O) groups is 1. The van der Waals surface area contributed by atoms with Crippen molar-refractivity contribution in [3.05, 3.63) is 59.4 Å². The Morgan fingerprint density at radius 3 is 2.41 bits per heavy atom. The standard InChI is InChI=1S/C18H15F4N3O2/c1-10-9-11-3-2-4-14(19)16(11)24-15(10)17(26)23(25(24)27)13-7-5-12(6-8-13)18(20,21)22/h2-8,10,15,27H,9H2,1H3. The van der Waals surface area contributed by atoms with Crippen molar-refractivity contribution >= 4 is 17.3 Å². The first kappa shape index (κ1) is 17.7. The van der Waals surface area contributed by atoms with Crippen LogP contribution in [0.15, 0.2) is 42.5 Å². The average Bonchev–Trinajstić information content (AvgIpc) is 2.86. The minimum Gasteiger partial charge on any atom is -0.276 e. The number of nitrogens with zero attached hydrogens (tertiary/aromatic N) is 3. The second-order valence-electron chi connectivity index (χ2n) is 6.68. The van der Waals surface area contributed by atoms with Gasteiger partial charge in [-0.1, -0.05) is 19.1 Å². The van der Waals surface area contributed by atoms with Crippen molar-refractivity contribution < 1.29 is 27.6 Å². The molecule has 2 aromatic carbocycles. The van der Waals surface area contributed by atoms with Gasteiger partial charge in [-0.25, -0.2) is 9.40 Å². The lowest BCUT2D eigenvalue weighted by Gasteiger charge is -2.37. The minimum atomic E-state index is -4.51. The van der Waals surface area contributed by atoms with Crippen LogP contribution in [0.2, 0.25) is 0 Å². The third kappa shape index (κ3) is 2.65. The Morgan fingerprint density at radius 2 is 1.78 bits per heavy atom. The average molecular weight is 381 g/mol. The summed E-state index contributed by atoms with van der Waals surface area (Å²) in [5, 5.41) is 13.1. The number of fused-ring (bicyclic) bond motifs is 3. The largest absolute Gasteiger partial charge is 0.416 e. The molecule has 0 bridgehead atoms. The molecule has 27 heavy (non-hydrogen) atoms. The Labute approximate surface area is 151 Å². The van der Waals surface area contributed by atoms with E-state index in [1.54, 1.807) is 19.1 Å². The van der Waals surface area contributed by atoms with E-state index in [-0.39, 0.29) is 17.3 Å². The predicted molar refractivity (Wildman–Crippen MR) is 88.1 cm³/mol. The van der Waals surface area contributed by atoms with Crippen LogP contribution in [0, 0.1) is 11.7 Å². The SMILES string of the molecule is CC1Cc2cccc(F)c2N2C1C(=O)N(c1ccc(C(F)(F)F)cc1)N2O. The zero-order valence-electron chi connectivity index (χ0n) is 14.1.